The second-order valence-corrected chi connectivity index (χ2v) is 9.03. The standard InChI is InChI=1S/C26H27N5O2/c27-19-26(23-8-1-3-11-28-23)9-15-29(16-10-26)18-20-17-21(24(32)30-12-5-6-13-30)25(33)31-14-4-2-7-22(20)31/h1-4,7-8,11,14,17H,5-6,9-10,12-13,15-16,18H2. The average molecular weight is 442 g/mol. The summed E-state index contributed by atoms with van der Waals surface area (Å²) in [6.45, 7) is 3.54. The lowest BCUT2D eigenvalue weighted by Gasteiger charge is -2.37. The number of pyridine rings is 3. The first-order valence-corrected chi connectivity index (χ1v) is 11.6. The molecule has 0 saturated carbocycles. The number of aromatic nitrogens is 2. The molecule has 0 radical (unpaired) electrons. The number of hydrogen-bond acceptors (Lipinski definition) is 5. The second-order valence-electron chi connectivity index (χ2n) is 9.03. The molecule has 2 aliphatic rings. The summed E-state index contributed by atoms with van der Waals surface area (Å²) in [7, 11) is 0. The second kappa shape index (κ2) is 8.80. The molecule has 0 atom stereocenters. The molecule has 0 aromatic carbocycles. The Kier molecular flexibility index (Phi) is 5.69. The van der Waals surface area contributed by atoms with Gasteiger partial charge in [0.15, 0.2) is 0 Å². The van der Waals surface area contributed by atoms with Gasteiger partial charge >= 0.3 is 0 Å². The van der Waals surface area contributed by atoms with E-state index >= 15 is 0 Å². The largest absolute Gasteiger partial charge is 0.338 e. The molecule has 0 spiro atoms. The number of nitrogens with zero attached hydrogens (tertiary/aromatic N) is 5. The number of hydrogen-bond donors (Lipinski definition) is 0. The molecule has 3 aromatic heterocycles. The summed E-state index contributed by atoms with van der Waals surface area (Å²) in [4.78, 5) is 34.7. The Morgan fingerprint density at radius 2 is 1.82 bits per heavy atom. The minimum absolute atomic E-state index is 0.172. The van der Waals surface area contributed by atoms with Crippen LogP contribution in [-0.2, 0) is 12.0 Å². The molecular weight excluding hydrogens is 414 g/mol. The maximum atomic E-state index is 13.1. The predicted molar refractivity (Wildman–Crippen MR) is 125 cm³/mol. The molecule has 1 amide bonds. The number of piperidine rings is 1. The van der Waals surface area contributed by atoms with E-state index in [1.807, 2.05) is 36.4 Å². The number of carbonyl (C=O) groups excluding carboxylic acids is 1. The Morgan fingerprint density at radius 3 is 2.52 bits per heavy atom. The predicted octanol–water partition coefficient (Wildman–Crippen LogP) is 2.99. The number of nitriles is 1. The number of carbonyl (C=O) groups is 1. The van der Waals surface area contributed by atoms with E-state index in [0.717, 1.165) is 42.7 Å². The number of fused-ring (bicyclic) bond motifs is 1. The van der Waals surface area contributed by atoms with E-state index < -0.39 is 5.41 Å². The highest BCUT2D eigenvalue weighted by Crippen LogP contribution is 2.34. The molecule has 7 nitrogen and oxygen atoms in total. The van der Waals surface area contributed by atoms with Crippen LogP contribution >= 0.6 is 0 Å². The van der Waals surface area contributed by atoms with Crippen LogP contribution in [-0.4, -0.2) is 51.3 Å². The molecule has 5 rings (SSSR count). The Bertz CT molecular complexity index is 1260. The highest BCUT2D eigenvalue weighted by molar-refractivity contribution is 5.94. The van der Waals surface area contributed by atoms with Crippen molar-refractivity contribution in [2.75, 3.05) is 26.2 Å². The zero-order valence-corrected chi connectivity index (χ0v) is 18.6. The zero-order chi connectivity index (χ0) is 22.8. The number of amides is 1. The van der Waals surface area contributed by atoms with Gasteiger partial charge in [0.05, 0.1) is 17.3 Å². The van der Waals surface area contributed by atoms with Crippen LogP contribution in [0.1, 0.15) is 47.3 Å². The molecule has 33 heavy (non-hydrogen) atoms. The fourth-order valence-electron chi connectivity index (χ4n) is 5.10. The summed E-state index contributed by atoms with van der Waals surface area (Å²) >= 11 is 0. The van der Waals surface area contributed by atoms with Crippen LogP contribution in [0.4, 0.5) is 0 Å². The van der Waals surface area contributed by atoms with Gasteiger partial charge in [-0.1, -0.05) is 12.1 Å². The first kappa shape index (κ1) is 21.4. The van der Waals surface area contributed by atoms with Crippen molar-refractivity contribution in [3.8, 4) is 6.07 Å². The van der Waals surface area contributed by atoms with Crippen molar-refractivity contribution in [2.24, 2.45) is 0 Å². The van der Waals surface area contributed by atoms with Gasteiger partial charge in [-0.25, -0.2) is 0 Å². The third-order valence-electron chi connectivity index (χ3n) is 7.05. The van der Waals surface area contributed by atoms with Gasteiger partial charge in [-0.15, -0.1) is 0 Å². The summed E-state index contributed by atoms with van der Waals surface area (Å²) in [6.07, 6.45) is 6.85. The van der Waals surface area contributed by atoms with Crippen LogP contribution < -0.4 is 5.56 Å². The van der Waals surface area contributed by atoms with Gasteiger partial charge in [0.1, 0.15) is 11.0 Å². The van der Waals surface area contributed by atoms with Crippen molar-refractivity contribution in [3.05, 3.63) is 82.0 Å². The van der Waals surface area contributed by atoms with Gasteiger partial charge in [-0.05, 0) is 61.6 Å². The molecule has 0 aliphatic carbocycles. The van der Waals surface area contributed by atoms with Crippen LogP contribution in [0.25, 0.3) is 5.52 Å². The Labute approximate surface area is 192 Å². The Balaban J connectivity index is 1.42. The molecule has 0 bridgehead atoms. The Morgan fingerprint density at radius 1 is 1.06 bits per heavy atom. The monoisotopic (exact) mass is 441 g/mol. The van der Waals surface area contributed by atoms with Gasteiger partial charge in [0.2, 0.25) is 0 Å². The van der Waals surface area contributed by atoms with Crippen LogP contribution in [0, 0.1) is 11.3 Å². The molecule has 2 fully saturated rings. The molecule has 7 heteroatoms. The normalized spacial score (nSPS) is 18.3. The number of rotatable bonds is 4. The maximum absolute atomic E-state index is 13.1. The van der Waals surface area contributed by atoms with Crippen molar-refractivity contribution >= 4 is 11.4 Å². The van der Waals surface area contributed by atoms with Crippen LogP contribution in [0.15, 0.2) is 59.7 Å². The van der Waals surface area contributed by atoms with E-state index in [1.165, 1.54) is 0 Å². The van der Waals surface area contributed by atoms with Crippen LogP contribution in [0.3, 0.4) is 0 Å². The van der Waals surface area contributed by atoms with E-state index in [1.54, 1.807) is 27.8 Å². The topological polar surface area (TPSA) is 81.7 Å². The van der Waals surface area contributed by atoms with Crippen molar-refractivity contribution in [1.29, 1.82) is 5.26 Å². The first-order valence-electron chi connectivity index (χ1n) is 11.6. The molecule has 3 aromatic rings. The summed E-state index contributed by atoms with van der Waals surface area (Å²) in [5.41, 5.74) is 2.03. The Hall–Kier alpha value is -3.50. The van der Waals surface area contributed by atoms with Crippen molar-refractivity contribution in [1.82, 2.24) is 19.2 Å². The lowest BCUT2D eigenvalue weighted by molar-refractivity contribution is 0.0790. The summed E-state index contributed by atoms with van der Waals surface area (Å²) in [5, 5.41) is 9.96. The minimum Gasteiger partial charge on any atom is -0.338 e. The van der Waals surface area contributed by atoms with Gasteiger partial charge in [0.25, 0.3) is 11.5 Å². The highest BCUT2D eigenvalue weighted by atomic mass is 16.2. The maximum Gasteiger partial charge on any atom is 0.267 e. The van der Waals surface area contributed by atoms with Gasteiger partial charge in [-0.2, -0.15) is 5.26 Å². The average Bonchev–Trinajstić information content (AvgIpc) is 3.42. The smallest absolute Gasteiger partial charge is 0.267 e. The SMILES string of the molecule is N#CC1(c2ccccn2)CCN(Cc2cc(C(=O)N3CCCC3)c(=O)n3ccccc23)CC1. The van der Waals surface area contributed by atoms with Gasteiger partial charge in [-0.3, -0.25) is 23.9 Å². The van der Waals surface area contributed by atoms with Crippen molar-refractivity contribution in [2.45, 2.75) is 37.6 Å². The lowest BCUT2D eigenvalue weighted by atomic mass is 9.76. The fraction of sp³-hybridized carbons (Fsp3) is 0.385. The number of likely N-dealkylation sites (tertiary alicyclic amines) is 2. The summed E-state index contributed by atoms with van der Waals surface area (Å²) in [5.74, 6) is -0.172. The molecule has 2 aliphatic heterocycles. The molecule has 5 heterocycles. The third-order valence-corrected chi connectivity index (χ3v) is 7.05. The summed E-state index contributed by atoms with van der Waals surface area (Å²) in [6, 6.07) is 15.7. The van der Waals surface area contributed by atoms with E-state index in [-0.39, 0.29) is 17.0 Å². The van der Waals surface area contributed by atoms with Crippen LogP contribution in [0.5, 0.6) is 0 Å². The first-order chi connectivity index (χ1) is 16.1. The van der Waals surface area contributed by atoms with E-state index in [9.17, 15) is 14.9 Å². The fourth-order valence-corrected chi connectivity index (χ4v) is 5.10. The molecular formula is C26H27N5O2. The van der Waals surface area contributed by atoms with Crippen molar-refractivity contribution in [3.63, 3.8) is 0 Å². The molecule has 0 unspecified atom stereocenters. The molecule has 0 N–H and O–H groups in total. The highest BCUT2D eigenvalue weighted by Gasteiger charge is 2.37. The van der Waals surface area contributed by atoms with Crippen molar-refractivity contribution < 1.29 is 4.79 Å². The quantitative estimate of drug-likeness (QED) is 0.622. The van der Waals surface area contributed by atoms with E-state index in [2.05, 4.69) is 16.0 Å². The van der Waals surface area contributed by atoms with Gasteiger partial charge < -0.3 is 4.90 Å². The summed E-state index contributed by atoms with van der Waals surface area (Å²) < 4.78 is 1.59. The molecule has 2 saturated heterocycles. The van der Waals surface area contributed by atoms with Crippen LogP contribution in [0.2, 0.25) is 0 Å². The minimum atomic E-state index is -0.565. The molecule has 168 valence electrons. The lowest BCUT2D eigenvalue weighted by Crippen LogP contribution is -2.42. The van der Waals surface area contributed by atoms with E-state index in [4.69, 9.17) is 0 Å². The van der Waals surface area contributed by atoms with E-state index in [0.29, 0.717) is 32.5 Å². The van der Waals surface area contributed by atoms with Gasteiger partial charge in [0, 0.05) is 45.1 Å². The third kappa shape index (κ3) is 3.91. The zero-order valence-electron chi connectivity index (χ0n) is 18.6.